The van der Waals surface area contributed by atoms with Crippen LogP contribution in [0.5, 0.6) is 0 Å². The quantitative estimate of drug-likeness (QED) is 0.771. The van der Waals surface area contributed by atoms with Gasteiger partial charge >= 0.3 is 0 Å². The Balaban J connectivity index is 2.16. The fraction of sp³-hybridized carbons (Fsp3) is 0.500. The van der Waals surface area contributed by atoms with Gasteiger partial charge in [0.1, 0.15) is 0 Å². The SMILES string of the molecule is CCNC(Cc1ccc(CC)s1)c1sccc1CC. The van der Waals surface area contributed by atoms with Crippen LogP contribution < -0.4 is 5.32 Å². The van der Waals surface area contributed by atoms with Crippen LogP contribution in [0.25, 0.3) is 0 Å². The summed E-state index contributed by atoms with van der Waals surface area (Å²) in [7, 11) is 0. The van der Waals surface area contributed by atoms with Gasteiger partial charge < -0.3 is 5.32 Å². The van der Waals surface area contributed by atoms with Crippen molar-refractivity contribution in [1.29, 1.82) is 0 Å². The molecule has 2 rings (SSSR count). The number of rotatable bonds is 7. The monoisotopic (exact) mass is 293 g/mol. The van der Waals surface area contributed by atoms with Crippen molar-refractivity contribution in [3.63, 3.8) is 0 Å². The first kappa shape index (κ1) is 14.8. The molecule has 0 aliphatic carbocycles. The molecule has 1 atom stereocenters. The Hall–Kier alpha value is -0.640. The highest BCUT2D eigenvalue weighted by Crippen LogP contribution is 2.30. The molecule has 0 aliphatic heterocycles. The Morgan fingerprint density at radius 3 is 2.47 bits per heavy atom. The van der Waals surface area contributed by atoms with Crippen molar-refractivity contribution in [3.05, 3.63) is 43.8 Å². The van der Waals surface area contributed by atoms with E-state index in [1.165, 1.54) is 20.2 Å². The zero-order chi connectivity index (χ0) is 13.7. The first-order valence-corrected chi connectivity index (χ1v) is 8.85. The topological polar surface area (TPSA) is 12.0 Å². The summed E-state index contributed by atoms with van der Waals surface area (Å²) >= 11 is 3.86. The lowest BCUT2D eigenvalue weighted by atomic mass is 10.1. The Morgan fingerprint density at radius 2 is 1.84 bits per heavy atom. The summed E-state index contributed by atoms with van der Waals surface area (Å²) in [5.41, 5.74) is 1.50. The van der Waals surface area contributed by atoms with Crippen molar-refractivity contribution >= 4 is 22.7 Å². The highest BCUT2D eigenvalue weighted by Gasteiger charge is 2.16. The molecule has 0 spiro atoms. The number of hydrogen-bond donors (Lipinski definition) is 1. The lowest BCUT2D eigenvalue weighted by Gasteiger charge is -2.17. The van der Waals surface area contributed by atoms with Gasteiger partial charge in [-0.1, -0.05) is 20.8 Å². The molecule has 19 heavy (non-hydrogen) atoms. The smallest absolute Gasteiger partial charge is 0.0466 e. The van der Waals surface area contributed by atoms with Crippen LogP contribution in [0, 0.1) is 0 Å². The molecule has 2 heterocycles. The van der Waals surface area contributed by atoms with E-state index >= 15 is 0 Å². The molecule has 0 aliphatic rings. The van der Waals surface area contributed by atoms with Crippen LogP contribution in [0.2, 0.25) is 0 Å². The van der Waals surface area contributed by atoms with Crippen LogP contribution in [-0.2, 0) is 19.3 Å². The lowest BCUT2D eigenvalue weighted by molar-refractivity contribution is 0.558. The third-order valence-electron chi connectivity index (χ3n) is 3.40. The molecule has 0 amide bonds. The minimum absolute atomic E-state index is 0.475. The van der Waals surface area contributed by atoms with Gasteiger partial charge in [0, 0.05) is 27.1 Å². The van der Waals surface area contributed by atoms with E-state index < -0.39 is 0 Å². The molecule has 0 radical (unpaired) electrons. The standard InChI is InChI=1S/C16H23NS2/c1-4-12-9-10-18-16(12)15(17-6-3)11-14-8-7-13(5-2)19-14/h7-10,15,17H,4-6,11H2,1-3H3. The third-order valence-corrected chi connectivity index (χ3v) is 5.72. The normalized spacial score (nSPS) is 12.8. The van der Waals surface area contributed by atoms with E-state index in [1.807, 2.05) is 22.7 Å². The molecule has 0 bridgehead atoms. The molecule has 2 aromatic rings. The molecular weight excluding hydrogens is 270 g/mol. The van der Waals surface area contributed by atoms with E-state index in [4.69, 9.17) is 0 Å². The number of hydrogen-bond acceptors (Lipinski definition) is 3. The first-order valence-electron chi connectivity index (χ1n) is 7.15. The van der Waals surface area contributed by atoms with E-state index in [9.17, 15) is 0 Å². The highest BCUT2D eigenvalue weighted by molar-refractivity contribution is 7.12. The third kappa shape index (κ3) is 3.68. The van der Waals surface area contributed by atoms with Gasteiger partial charge in [-0.2, -0.15) is 0 Å². The number of aryl methyl sites for hydroxylation is 2. The minimum Gasteiger partial charge on any atom is -0.309 e. The maximum atomic E-state index is 3.65. The average Bonchev–Trinajstić information content (AvgIpc) is 3.06. The Morgan fingerprint density at radius 1 is 1.05 bits per heavy atom. The van der Waals surface area contributed by atoms with E-state index in [0.29, 0.717) is 6.04 Å². The molecular formula is C16H23NS2. The van der Waals surface area contributed by atoms with Gasteiger partial charge in [-0.3, -0.25) is 0 Å². The fourth-order valence-electron chi connectivity index (χ4n) is 2.37. The van der Waals surface area contributed by atoms with Gasteiger partial charge in [0.05, 0.1) is 0 Å². The van der Waals surface area contributed by atoms with Crippen molar-refractivity contribution in [2.24, 2.45) is 0 Å². The summed E-state index contributed by atoms with van der Waals surface area (Å²) in [6, 6.07) is 7.32. The predicted octanol–water partition coefficient (Wildman–Crippen LogP) is 4.83. The minimum atomic E-state index is 0.475. The maximum Gasteiger partial charge on any atom is 0.0466 e. The summed E-state index contributed by atoms with van der Waals surface area (Å²) in [6.07, 6.45) is 3.40. The molecule has 2 aromatic heterocycles. The maximum absolute atomic E-state index is 3.65. The summed E-state index contributed by atoms with van der Waals surface area (Å²) in [4.78, 5) is 4.51. The van der Waals surface area contributed by atoms with Gasteiger partial charge in [-0.05, 0) is 48.5 Å². The zero-order valence-corrected chi connectivity index (χ0v) is 13.7. The summed E-state index contributed by atoms with van der Waals surface area (Å²) < 4.78 is 0. The molecule has 0 saturated heterocycles. The van der Waals surface area contributed by atoms with Crippen molar-refractivity contribution in [1.82, 2.24) is 5.32 Å². The van der Waals surface area contributed by atoms with Gasteiger partial charge in [-0.15, -0.1) is 22.7 Å². The zero-order valence-electron chi connectivity index (χ0n) is 12.0. The Bertz CT molecular complexity index is 498. The van der Waals surface area contributed by atoms with E-state index in [0.717, 1.165) is 25.8 Å². The van der Waals surface area contributed by atoms with Crippen molar-refractivity contribution in [2.75, 3.05) is 6.54 Å². The lowest BCUT2D eigenvalue weighted by Crippen LogP contribution is -2.22. The average molecular weight is 294 g/mol. The van der Waals surface area contributed by atoms with Crippen LogP contribution in [0.4, 0.5) is 0 Å². The van der Waals surface area contributed by atoms with E-state index in [1.54, 1.807) is 0 Å². The second-order valence-electron chi connectivity index (χ2n) is 4.70. The molecule has 1 N–H and O–H groups in total. The van der Waals surface area contributed by atoms with Crippen LogP contribution in [0.3, 0.4) is 0 Å². The van der Waals surface area contributed by atoms with Crippen LogP contribution in [0.15, 0.2) is 23.6 Å². The Kier molecular flexibility index (Phi) is 5.61. The summed E-state index contributed by atoms with van der Waals surface area (Å²) in [5.74, 6) is 0. The van der Waals surface area contributed by atoms with Crippen molar-refractivity contribution in [2.45, 2.75) is 46.1 Å². The second-order valence-corrected chi connectivity index (χ2v) is 6.90. The molecule has 1 nitrogen and oxygen atoms in total. The van der Waals surface area contributed by atoms with Crippen molar-refractivity contribution in [3.8, 4) is 0 Å². The van der Waals surface area contributed by atoms with E-state index in [-0.39, 0.29) is 0 Å². The first-order chi connectivity index (χ1) is 9.28. The Labute approximate surface area is 124 Å². The molecule has 0 saturated carbocycles. The fourth-order valence-corrected chi connectivity index (χ4v) is 4.45. The molecule has 0 fully saturated rings. The molecule has 3 heteroatoms. The highest BCUT2D eigenvalue weighted by atomic mass is 32.1. The van der Waals surface area contributed by atoms with Gasteiger partial charge in [0.25, 0.3) is 0 Å². The molecule has 0 aromatic carbocycles. The predicted molar refractivity (Wildman–Crippen MR) is 87.5 cm³/mol. The summed E-state index contributed by atoms with van der Waals surface area (Å²) in [6.45, 7) is 7.69. The van der Waals surface area contributed by atoms with Crippen LogP contribution in [0.1, 0.15) is 47.0 Å². The van der Waals surface area contributed by atoms with E-state index in [2.05, 4.69) is 49.7 Å². The van der Waals surface area contributed by atoms with Gasteiger partial charge in [0.2, 0.25) is 0 Å². The van der Waals surface area contributed by atoms with Crippen LogP contribution in [-0.4, -0.2) is 6.54 Å². The number of nitrogens with one attached hydrogen (secondary N) is 1. The van der Waals surface area contributed by atoms with Crippen molar-refractivity contribution < 1.29 is 0 Å². The number of thiophene rings is 2. The second kappa shape index (κ2) is 7.22. The number of likely N-dealkylation sites (N-methyl/N-ethyl adjacent to an activating group) is 1. The van der Waals surface area contributed by atoms with Gasteiger partial charge in [-0.25, -0.2) is 0 Å². The molecule has 104 valence electrons. The van der Waals surface area contributed by atoms with Crippen LogP contribution >= 0.6 is 22.7 Å². The molecule has 1 unspecified atom stereocenters. The summed E-state index contributed by atoms with van der Waals surface area (Å²) in [5, 5.41) is 5.88. The largest absolute Gasteiger partial charge is 0.309 e. The van der Waals surface area contributed by atoms with Gasteiger partial charge in [0.15, 0.2) is 0 Å².